The van der Waals surface area contributed by atoms with E-state index in [1.807, 2.05) is 7.05 Å². The van der Waals surface area contributed by atoms with E-state index in [1.54, 1.807) is 7.11 Å². The van der Waals surface area contributed by atoms with Gasteiger partial charge in [0.15, 0.2) is 5.96 Å². The number of hydrogen-bond acceptors (Lipinski definition) is 4. The highest BCUT2D eigenvalue weighted by Gasteiger charge is 2.36. The summed E-state index contributed by atoms with van der Waals surface area (Å²) in [6.07, 6.45) is 6.27. The zero-order valence-electron chi connectivity index (χ0n) is 17.4. The SMILES string of the molecule is CN=C(NCCN(C)CCCOC)NCC1(N(C)C)CCCC(C)C1. The fourth-order valence-electron chi connectivity index (χ4n) is 3.78. The van der Waals surface area contributed by atoms with Gasteiger partial charge in [-0.1, -0.05) is 19.8 Å². The minimum atomic E-state index is 0.242. The Hall–Kier alpha value is -0.850. The maximum Gasteiger partial charge on any atom is 0.191 e. The third kappa shape index (κ3) is 7.92. The van der Waals surface area contributed by atoms with E-state index < -0.39 is 0 Å². The number of nitrogens with zero attached hydrogens (tertiary/aromatic N) is 3. The van der Waals surface area contributed by atoms with Gasteiger partial charge in [-0.15, -0.1) is 0 Å². The molecule has 0 radical (unpaired) electrons. The van der Waals surface area contributed by atoms with Crippen molar-refractivity contribution >= 4 is 5.96 Å². The molecule has 0 heterocycles. The topological polar surface area (TPSA) is 52.1 Å². The van der Waals surface area contributed by atoms with E-state index in [2.05, 4.69) is 53.5 Å². The molecule has 0 bridgehead atoms. The van der Waals surface area contributed by atoms with Gasteiger partial charge in [0.05, 0.1) is 0 Å². The van der Waals surface area contributed by atoms with E-state index in [4.69, 9.17) is 4.74 Å². The lowest BCUT2D eigenvalue weighted by Crippen LogP contribution is -2.56. The molecule has 2 unspecified atom stereocenters. The maximum absolute atomic E-state index is 5.10. The van der Waals surface area contributed by atoms with Crippen molar-refractivity contribution in [2.45, 2.75) is 44.6 Å². The van der Waals surface area contributed by atoms with Crippen molar-refractivity contribution in [2.75, 3.05) is 68.1 Å². The van der Waals surface area contributed by atoms with Crippen molar-refractivity contribution in [2.24, 2.45) is 10.9 Å². The minimum Gasteiger partial charge on any atom is -0.385 e. The Balaban J connectivity index is 2.37. The molecule has 1 rings (SSSR count). The first-order valence-electron chi connectivity index (χ1n) is 9.73. The molecule has 1 saturated carbocycles. The zero-order valence-corrected chi connectivity index (χ0v) is 17.4. The van der Waals surface area contributed by atoms with E-state index in [0.717, 1.165) is 51.1 Å². The first kappa shape index (κ1) is 22.2. The number of guanidine groups is 1. The third-order valence-electron chi connectivity index (χ3n) is 5.50. The fourth-order valence-corrected chi connectivity index (χ4v) is 3.78. The highest BCUT2D eigenvalue weighted by molar-refractivity contribution is 5.79. The Labute approximate surface area is 155 Å². The molecular formula is C19H41N5O. The average Bonchev–Trinajstić information content (AvgIpc) is 2.58. The van der Waals surface area contributed by atoms with Gasteiger partial charge < -0.3 is 25.2 Å². The van der Waals surface area contributed by atoms with Crippen molar-refractivity contribution < 1.29 is 4.74 Å². The normalized spacial score (nSPS) is 24.8. The van der Waals surface area contributed by atoms with Gasteiger partial charge >= 0.3 is 0 Å². The maximum atomic E-state index is 5.10. The second-order valence-electron chi connectivity index (χ2n) is 7.82. The smallest absolute Gasteiger partial charge is 0.191 e. The van der Waals surface area contributed by atoms with E-state index >= 15 is 0 Å². The van der Waals surface area contributed by atoms with Crippen molar-refractivity contribution in [3.8, 4) is 0 Å². The lowest BCUT2D eigenvalue weighted by Gasteiger charge is -2.45. The summed E-state index contributed by atoms with van der Waals surface area (Å²) < 4.78 is 5.10. The largest absolute Gasteiger partial charge is 0.385 e. The molecule has 0 aliphatic heterocycles. The van der Waals surface area contributed by atoms with Gasteiger partial charge in [0.25, 0.3) is 0 Å². The summed E-state index contributed by atoms with van der Waals surface area (Å²) in [6.45, 7) is 7.11. The summed E-state index contributed by atoms with van der Waals surface area (Å²) in [5.41, 5.74) is 0.242. The predicted molar refractivity (Wildman–Crippen MR) is 107 cm³/mol. The van der Waals surface area contributed by atoms with Gasteiger partial charge in [-0.05, 0) is 46.3 Å². The Bertz CT molecular complexity index is 388. The second kappa shape index (κ2) is 11.7. The highest BCUT2D eigenvalue weighted by Crippen LogP contribution is 2.35. The highest BCUT2D eigenvalue weighted by atomic mass is 16.5. The van der Waals surface area contributed by atoms with Crippen LogP contribution in [0.15, 0.2) is 4.99 Å². The Kier molecular flexibility index (Phi) is 10.4. The van der Waals surface area contributed by atoms with Crippen LogP contribution in [0.25, 0.3) is 0 Å². The van der Waals surface area contributed by atoms with Crippen LogP contribution in [-0.4, -0.2) is 89.4 Å². The number of rotatable bonds is 10. The van der Waals surface area contributed by atoms with Crippen LogP contribution in [0, 0.1) is 5.92 Å². The van der Waals surface area contributed by atoms with Crippen LogP contribution in [0.5, 0.6) is 0 Å². The number of methoxy groups -OCH3 is 1. The van der Waals surface area contributed by atoms with Crippen LogP contribution in [0.4, 0.5) is 0 Å². The van der Waals surface area contributed by atoms with Crippen molar-refractivity contribution in [3.05, 3.63) is 0 Å². The monoisotopic (exact) mass is 355 g/mol. The van der Waals surface area contributed by atoms with Crippen molar-refractivity contribution in [1.82, 2.24) is 20.4 Å². The fraction of sp³-hybridized carbons (Fsp3) is 0.947. The zero-order chi connectivity index (χ0) is 18.7. The molecule has 1 aliphatic carbocycles. The number of nitrogens with one attached hydrogen (secondary N) is 2. The standard InChI is InChI=1S/C19H41N5O/c1-17-9-7-10-19(15-17,23(3)4)16-22-18(20-2)21-11-13-24(5)12-8-14-25-6/h17H,7-16H2,1-6H3,(H2,20,21,22). The molecule has 0 spiro atoms. The molecule has 0 aromatic rings. The Morgan fingerprint density at radius 3 is 2.60 bits per heavy atom. The van der Waals surface area contributed by atoms with Gasteiger partial charge in [-0.3, -0.25) is 4.99 Å². The van der Waals surface area contributed by atoms with Gasteiger partial charge in [-0.25, -0.2) is 0 Å². The molecular weight excluding hydrogens is 314 g/mol. The summed E-state index contributed by atoms with van der Waals surface area (Å²) in [7, 11) is 10.2. The predicted octanol–water partition coefficient (Wildman–Crippen LogP) is 1.63. The van der Waals surface area contributed by atoms with Crippen molar-refractivity contribution in [1.29, 1.82) is 0 Å². The second-order valence-corrected chi connectivity index (χ2v) is 7.82. The molecule has 0 aromatic heterocycles. The van der Waals surface area contributed by atoms with E-state index in [9.17, 15) is 0 Å². The van der Waals surface area contributed by atoms with Gasteiger partial charge in [0.1, 0.15) is 0 Å². The van der Waals surface area contributed by atoms with Crippen LogP contribution in [0.2, 0.25) is 0 Å². The molecule has 6 heteroatoms. The van der Waals surface area contributed by atoms with Crippen LogP contribution < -0.4 is 10.6 Å². The quantitative estimate of drug-likeness (QED) is 0.354. The lowest BCUT2D eigenvalue weighted by molar-refractivity contribution is 0.0795. The third-order valence-corrected chi connectivity index (χ3v) is 5.50. The summed E-state index contributed by atoms with van der Waals surface area (Å²) in [4.78, 5) is 9.12. The summed E-state index contributed by atoms with van der Waals surface area (Å²) >= 11 is 0. The van der Waals surface area contributed by atoms with E-state index in [-0.39, 0.29) is 5.54 Å². The van der Waals surface area contributed by atoms with Crippen LogP contribution in [0.1, 0.15) is 39.0 Å². The first-order valence-corrected chi connectivity index (χ1v) is 9.73. The summed E-state index contributed by atoms with van der Waals surface area (Å²) in [5, 5.41) is 7.01. The molecule has 1 aliphatic rings. The molecule has 0 amide bonds. The number of hydrogen-bond donors (Lipinski definition) is 2. The molecule has 148 valence electrons. The first-order chi connectivity index (χ1) is 11.9. The average molecular weight is 356 g/mol. The molecule has 0 saturated heterocycles. The van der Waals surface area contributed by atoms with Crippen LogP contribution in [-0.2, 0) is 4.74 Å². The Morgan fingerprint density at radius 2 is 2.00 bits per heavy atom. The van der Waals surface area contributed by atoms with Crippen molar-refractivity contribution in [3.63, 3.8) is 0 Å². The lowest BCUT2D eigenvalue weighted by atomic mass is 9.75. The summed E-state index contributed by atoms with van der Waals surface area (Å²) in [6, 6.07) is 0. The van der Waals surface area contributed by atoms with Gasteiger partial charge in [0.2, 0.25) is 0 Å². The minimum absolute atomic E-state index is 0.242. The Morgan fingerprint density at radius 1 is 1.24 bits per heavy atom. The number of likely N-dealkylation sites (N-methyl/N-ethyl adjacent to an activating group) is 2. The number of aliphatic imine (C=N–C) groups is 1. The molecule has 2 N–H and O–H groups in total. The molecule has 2 atom stereocenters. The molecule has 6 nitrogen and oxygen atoms in total. The van der Waals surface area contributed by atoms with Gasteiger partial charge in [0, 0.05) is 52.5 Å². The van der Waals surface area contributed by atoms with Crippen LogP contribution >= 0.6 is 0 Å². The van der Waals surface area contributed by atoms with Gasteiger partial charge in [-0.2, -0.15) is 0 Å². The molecule has 1 fully saturated rings. The summed E-state index contributed by atoms with van der Waals surface area (Å²) in [5.74, 6) is 1.71. The van der Waals surface area contributed by atoms with Crippen LogP contribution in [0.3, 0.4) is 0 Å². The molecule has 25 heavy (non-hydrogen) atoms. The van der Waals surface area contributed by atoms with E-state index in [1.165, 1.54) is 25.7 Å². The van der Waals surface area contributed by atoms with E-state index in [0.29, 0.717) is 0 Å². The molecule has 0 aromatic carbocycles. The number of ether oxygens (including phenoxy) is 1.